The van der Waals surface area contributed by atoms with Gasteiger partial charge in [-0.15, -0.1) is 0 Å². The van der Waals surface area contributed by atoms with E-state index >= 15 is 0 Å². The van der Waals surface area contributed by atoms with Crippen molar-refractivity contribution in [2.75, 3.05) is 19.6 Å². The highest BCUT2D eigenvalue weighted by molar-refractivity contribution is 5.94. The Morgan fingerprint density at radius 3 is 2.82 bits per heavy atom. The SMILES string of the molecule is CC1CNCCN1C(=O)c1ccc(F)c(F)c1. The fourth-order valence-corrected chi connectivity index (χ4v) is 1.94. The van der Waals surface area contributed by atoms with Gasteiger partial charge in [-0.3, -0.25) is 4.79 Å². The third-order valence-corrected chi connectivity index (χ3v) is 2.93. The fraction of sp³-hybridized carbons (Fsp3) is 0.417. The van der Waals surface area contributed by atoms with Crippen molar-refractivity contribution < 1.29 is 13.6 Å². The minimum atomic E-state index is -0.987. The Morgan fingerprint density at radius 2 is 2.18 bits per heavy atom. The molecule has 1 atom stereocenters. The Kier molecular flexibility index (Phi) is 3.38. The van der Waals surface area contributed by atoms with Crippen LogP contribution in [0.25, 0.3) is 0 Å². The van der Waals surface area contributed by atoms with Crippen molar-refractivity contribution in [3.8, 4) is 0 Å². The number of amides is 1. The first-order valence-corrected chi connectivity index (χ1v) is 5.56. The van der Waals surface area contributed by atoms with E-state index in [1.807, 2.05) is 6.92 Å². The largest absolute Gasteiger partial charge is 0.333 e. The average Bonchev–Trinajstić information content (AvgIpc) is 2.32. The second-order valence-electron chi connectivity index (χ2n) is 4.18. The summed E-state index contributed by atoms with van der Waals surface area (Å²) in [7, 11) is 0. The molecule has 2 rings (SSSR count). The predicted molar refractivity (Wildman–Crippen MR) is 59.7 cm³/mol. The van der Waals surface area contributed by atoms with Crippen LogP contribution in [0.2, 0.25) is 0 Å². The normalized spacial score (nSPS) is 20.4. The molecule has 0 saturated carbocycles. The third kappa shape index (κ3) is 2.44. The van der Waals surface area contributed by atoms with Crippen molar-refractivity contribution in [2.24, 2.45) is 0 Å². The predicted octanol–water partition coefficient (Wildman–Crippen LogP) is 1.40. The van der Waals surface area contributed by atoms with Crippen molar-refractivity contribution in [1.82, 2.24) is 10.2 Å². The molecule has 1 fully saturated rings. The molecule has 3 nitrogen and oxygen atoms in total. The zero-order chi connectivity index (χ0) is 12.4. The number of hydrogen-bond donors (Lipinski definition) is 1. The number of carbonyl (C=O) groups is 1. The van der Waals surface area contributed by atoms with Crippen molar-refractivity contribution in [3.05, 3.63) is 35.4 Å². The van der Waals surface area contributed by atoms with E-state index in [0.717, 1.165) is 25.2 Å². The summed E-state index contributed by atoms with van der Waals surface area (Å²) < 4.78 is 25.8. The number of halogens is 2. The van der Waals surface area contributed by atoms with E-state index < -0.39 is 11.6 Å². The van der Waals surface area contributed by atoms with E-state index in [4.69, 9.17) is 0 Å². The highest BCUT2D eigenvalue weighted by Crippen LogP contribution is 2.13. The third-order valence-electron chi connectivity index (χ3n) is 2.93. The van der Waals surface area contributed by atoms with E-state index in [2.05, 4.69) is 5.32 Å². The van der Waals surface area contributed by atoms with E-state index in [0.29, 0.717) is 6.54 Å². The first kappa shape index (κ1) is 12.0. The van der Waals surface area contributed by atoms with Gasteiger partial charge in [0.1, 0.15) is 0 Å². The number of nitrogens with one attached hydrogen (secondary N) is 1. The smallest absolute Gasteiger partial charge is 0.254 e. The molecule has 92 valence electrons. The molecule has 1 amide bonds. The summed E-state index contributed by atoms with van der Waals surface area (Å²) in [4.78, 5) is 13.8. The second-order valence-corrected chi connectivity index (χ2v) is 4.18. The molecule has 1 aliphatic heterocycles. The van der Waals surface area contributed by atoms with Gasteiger partial charge in [-0.2, -0.15) is 0 Å². The first-order valence-electron chi connectivity index (χ1n) is 5.56. The lowest BCUT2D eigenvalue weighted by Gasteiger charge is -2.34. The molecule has 1 heterocycles. The molecular weight excluding hydrogens is 226 g/mol. The Balaban J connectivity index is 2.21. The van der Waals surface area contributed by atoms with Gasteiger partial charge < -0.3 is 10.2 Å². The topological polar surface area (TPSA) is 32.3 Å². The molecular formula is C12H14F2N2O. The summed E-state index contributed by atoms with van der Waals surface area (Å²) >= 11 is 0. The molecule has 1 aliphatic rings. The van der Waals surface area contributed by atoms with Crippen LogP contribution in [-0.2, 0) is 0 Å². The number of piperazine rings is 1. The fourth-order valence-electron chi connectivity index (χ4n) is 1.94. The van der Waals surface area contributed by atoms with Gasteiger partial charge in [0, 0.05) is 31.2 Å². The molecule has 0 aromatic heterocycles. The van der Waals surface area contributed by atoms with Crippen LogP contribution in [0.1, 0.15) is 17.3 Å². The molecule has 1 aromatic carbocycles. The van der Waals surface area contributed by atoms with Crippen LogP contribution in [-0.4, -0.2) is 36.5 Å². The van der Waals surface area contributed by atoms with Crippen LogP contribution in [0.3, 0.4) is 0 Å². The average molecular weight is 240 g/mol. The Morgan fingerprint density at radius 1 is 1.41 bits per heavy atom. The monoisotopic (exact) mass is 240 g/mol. The maximum atomic E-state index is 13.0. The van der Waals surface area contributed by atoms with Gasteiger partial charge >= 0.3 is 0 Å². The molecule has 0 spiro atoms. The first-order chi connectivity index (χ1) is 8.09. The zero-order valence-corrected chi connectivity index (χ0v) is 9.54. The highest BCUT2D eigenvalue weighted by Gasteiger charge is 2.24. The summed E-state index contributed by atoms with van der Waals surface area (Å²) in [5, 5.41) is 3.16. The summed E-state index contributed by atoms with van der Waals surface area (Å²) in [6.07, 6.45) is 0. The standard InChI is InChI=1S/C12H14F2N2O/c1-8-7-15-4-5-16(8)12(17)9-2-3-10(13)11(14)6-9/h2-3,6,8,15H,4-5,7H2,1H3. The van der Waals surface area contributed by atoms with Crippen LogP contribution >= 0.6 is 0 Å². The van der Waals surface area contributed by atoms with Gasteiger partial charge in [-0.05, 0) is 25.1 Å². The molecule has 0 radical (unpaired) electrons. The molecule has 1 aromatic rings. The molecule has 1 N–H and O–H groups in total. The summed E-state index contributed by atoms with van der Waals surface area (Å²) in [6, 6.07) is 3.31. The lowest BCUT2D eigenvalue weighted by molar-refractivity contribution is 0.0655. The Bertz CT molecular complexity index is 437. The number of nitrogens with zero attached hydrogens (tertiary/aromatic N) is 1. The maximum Gasteiger partial charge on any atom is 0.254 e. The number of benzene rings is 1. The Hall–Kier alpha value is -1.49. The van der Waals surface area contributed by atoms with Gasteiger partial charge in [0.25, 0.3) is 5.91 Å². The maximum absolute atomic E-state index is 13.0. The summed E-state index contributed by atoms with van der Waals surface area (Å²) in [5.41, 5.74) is 0.192. The number of rotatable bonds is 1. The van der Waals surface area contributed by atoms with Gasteiger partial charge in [-0.1, -0.05) is 0 Å². The van der Waals surface area contributed by atoms with Gasteiger partial charge in [0.15, 0.2) is 11.6 Å². The number of hydrogen-bond acceptors (Lipinski definition) is 2. The number of carbonyl (C=O) groups excluding carboxylic acids is 1. The summed E-state index contributed by atoms with van der Waals surface area (Å²) in [6.45, 7) is 3.94. The van der Waals surface area contributed by atoms with Crippen molar-refractivity contribution in [1.29, 1.82) is 0 Å². The van der Waals surface area contributed by atoms with Crippen molar-refractivity contribution in [3.63, 3.8) is 0 Å². The molecule has 0 aliphatic carbocycles. The van der Waals surface area contributed by atoms with E-state index in [-0.39, 0.29) is 17.5 Å². The minimum absolute atomic E-state index is 0.0596. The Labute approximate surface area is 98.4 Å². The summed E-state index contributed by atoms with van der Waals surface area (Å²) in [5.74, 6) is -2.17. The van der Waals surface area contributed by atoms with E-state index in [9.17, 15) is 13.6 Å². The van der Waals surface area contributed by atoms with Crippen LogP contribution in [0.15, 0.2) is 18.2 Å². The lowest BCUT2D eigenvalue weighted by atomic mass is 10.1. The zero-order valence-electron chi connectivity index (χ0n) is 9.54. The van der Waals surface area contributed by atoms with Crippen molar-refractivity contribution >= 4 is 5.91 Å². The van der Waals surface area contributed by atoms with Gasteiger partial charge in [0.05, 0.1) is 0 Å². The van der Waals surface area contributed by atoms with Crippen molar-refractivity contribution in [2.45, 2.75) is 13.0 Å². The lowest BCUT2D eigenvalue weighted by Crippen LogP contribution is -2.52. The van der Waals surface area contributed by atoms with Crippen LogP contribution in [0.5, 0.6) is 0 Å². The van der Waals surface area contributed by atoms with E-state index in [1.165, 1.54) is 6.07 Å². The quantitative estimate of drug-likeness (QED) is 0.804. The van der Waals surface area contributed by atoms with Gasteiger partial charge in [0.2, 0.25) is 0 Å². The highest BCUT2D eigenvalue weighted by atomic mass is 19.2. The molecule has 0 bridgehead atoms. The molecule has 5 heteroatoms. The van der Waals surface area contributed by atoms with E-state index in [1.54, 1.807) is 4.90 Å². The molecule has 1 saturated heterocycles. The van der Waals surface area contributed by atoms with Crippen LogP contribution in [0, 0.1) is 11.6 Å². The van der Waals surface area contributed by atoms with Crippen LogP contribution in [0.4, 0.5) is 8.78 Å². The molecule has 17 heavy (non-hydrogen) atoms. The van der Waals surface area contributed by atoms with Crippen LogP contribution < -0.4 is 5.32 Å². The van der Waals surface area contributed by atoms with Gasteiger partial charge in [-0.25, -0.2) is 8.78 Å². The molecule has 1 unspecified atom stereocenters. The minimum Gasteiger partial charge on any atom is -0.333 e. The second kappa shape index (κ2) is 4.79.